The van der Waals surface area contributed by atoms with E-state index >= 15 is 0 Å². The molecule has 1 heterocycles. The maximum absolute atomic E-state index is 12.8. The Hall–Kier alpha value is -3.19. The summed E-state index contributed by atoms with van der Waals surface area (Å²) < 4.78 is 5.17. The smallest absolute Gasteiger partial charge is 0.248 e. The number of carbonyl (C=O) groups is 2. The number of aromatic nitrogens is 1. The first kappa shape index (κ1) is 21.5. The van der Waals surface area contributed by atoms with Crippen LogP contribution in [0.15, 0.2) is 60.0 Å². The van der Waals surface area contributed by atoms with E-state index in [1.54, 1.807) is 7.11 Å². The van der Waals surface area contributed by atoms with Gasteiger partial charge in [-0.05, 0) is 35.7 Å². The summed E-state index contributed by atoms with van der Waals surface area (Å²) in [7, 11) is 1.62. The molecule has 0 unspecified atom stereocenters. The fourth-order valence-corrected chi connectivity index (χ4v) is 3.67. The SMILES string of the molecule is COc1ccc(-c2csc(NC(=O)[C@@H](NC(=O)Cc3ccccc3)C(C)C)n2)cc1. The van der Waals surface area contributed by atoms with E-state index < -0.39 is 6.04 Å². The maximum Gasteiger partial charge on any atom is 0.248 e. The Morgan fingerprint density at radius 1 is 1.07 bits per heavy atom. The molecule has 0 saturated heterocycles. The Kier molecular flexibility index (Phi) is 7.19. The monoisotopic (exact) mass is 423 g/mol. The van der Waals surface area contributed by atoms with Gasteiger partial charge in [0.1, 0.15) is 11.8 Å². The molecule has 2 N–H and O–H groups in total. The van der Waals surface area contributed by atoms with Crippen LogP contribution in [0.2, 0.25) is 0 Å². The van der Waals surface area contributed by atoms with Gasteiger partial charge in [0.2, 0.25) is 11.8 Å². The average molecular weight is 424 g/mol. The summed E-state index contributed by atoms with van der Waals surface area (Å²) in [5.74, 6) is 0.245. The van der Waals surface area contributed by atoms with Crippen LogP contribution < -0.4 is 15.4 Å². The van der Waals surface area contributed by atoms with Gasteiger partial charge in [-0.3, -0.25) is 9.59 Å². The van der Waals surface area contributed by atoms with E-state index in [1.807, 2.05) is 73.8 Å². The zero-order valence-corrected chi connectivity index (χ0v) is 18.0. The van der Waals surface area contributed by atoms with Crippen molar-refractivity contribution in [2.45, 2.75) is 26.3 Å². The number of nitrogens with zero attached hydrogens (tertiary/aromatic N) is 1. The zero-order valence-electron chi connectivity index (χ0n) is 17.2. The Bertz CT molecular complexity index is 984. The largest absolute Gasteiger partial charge is 0.497 e. The highest BCUT2D eigenvalue weighted by Crippen LogP contribution is 2.26. The van der Waals surface area contributed by atoms with Gasteiger partial charge in [-0.25, -0.2) is 4.98 Å². The molecule has 3 rings (SSSR count). The zero-order chi connectivity index (χ0) is 21.5. The van der Waals surface area contributed by atoms with Crippen molar-refractivity contribution in [1.29, 1.82) is 0 Å². The highest BCUT2D eigenvalue weighted by molar-refractivity contribution is 7.14. The number of hydrogen-bond donors (Lipinski definition) is 2. The highest BCUT2D eigenvalue weighted by Gasteiger charge is 2.25. The predicted octanol–water partition coefficient (Wildman–Crippen LogP) is 4.14. The summed E-state index contributed by atoms with van der Waals surface area (Å²) in [6, 6.07) is 16.4. The molecule has 7 heteroatoms. The van der Waals surface area contributed by atoms with Crippen LogP contribution in [-0.4, -0.2) is 29.9 Å². The molecule has 0 aliphatic carbocycles. The molecule has 2 amide bonds. The number of benzene rings is 2. The van der Waals surface area contributed by atoms with E-state index in [1.165, 1.54) is 11.3 Å². The predicted molar refractivity (Wildman–Crippen MR) is 120 cm³/mol. The fraction of sp³-hybridized carbons (Fsp3) is 0.261. The van der Waals surface area contributed by atoms with E-state index in [0.717, 1.165) is 22.6 Å². The lowest BCUT2D eigenvalue weighted by Gasteiger charge is -2.21. The summed E-state index contributed by atoms with van der Waals surface area (Å²) >= 11 is 1.35. The lowest BCUT2D eigenvalue weighted by molar-refractivity contribution is -0.127. The third-order valence-corrected chi connectivity index (χ3v) is 5.35. The summed E-state index contributed by atoms with van der Waals surface area (Å²) in [5, 5.41) is 8.06. The molecule has 156 valence electrons. The molecule has 0 aliphatic rings. The van der Waals surface area contributed by atoms with Crippen molar-refractivity contribution in [2.24, 2.45) is 5.92 Å². The van der Waals surface area contributed by atoms with E-state index in [4.69, 9.17) is 4.74 Å². The lowest BCUT2D eigenvalue weighted by Crippen LogP contribution is -2.47. The first-order chi connectivity index (χ1) is 14.5. The van der Waals surface area contributed by atoms with Gasteiger partial charge in [0.15, 0.2) is 5.13 Å². The molecule has 0 spiro atoms. The second-order valence-corrected chi connectivity index (χ2v) is 8.07. The number of ether oxygens (including phenoxy) is 1. The van der Waals surface area contributed by atoms with E-state index in [0.29, 0.717) is 5.13 Å². The van der Waals surface area contributed by atoms with Crippen LogP contribution in [-0.2, 0) is 16.0 Å². The Morgan fingerprint density at radius 3 is 2.40 bits per heavy atom. The summed E-state index contributed by atoms with van der Waals surface area (Å²) in [6.45, 7) is 3.80. The standard InChI is InChI=1S/C23H25N3O3S/c1-15(2)21(25-20(27)13-16-7-5-4-6-8-16)22(28)26-23-24-19(14-30-23)17-9-11-18(29-3)12-10-17/h4-12,14-15,21H,13H2,1-3H3,(H,25,27)(H,24,26,28)/t21-/m0/s1. The van der Waals surface area contributed by atoms with Gasteiger partial charge in [-0.15, -0.1) is 11.3 Å². The second kappa shape index (κ2) is 10.0. The molecule has 0 radical (unpaired) electrons. The number of rotatable bonds is 8. The van der Waals surface area contributed by atoms with Gasteiger partial charge in [-0.2, -0.15) is 0 Å². The van der Waals surface area contributed by atoms with Crippen LogP contribution in [0.4, 0.5) is 5.13 Å². The third-order valence-electron chi connectivity index (χ3n) is 4.59. The third kappa shape index (κ3) is 5.67. The average Bonchev–Trinajstić information content (AvgIpc) is 3.21. The number of carbonyl (C=O) groups excluding carboxylic acids is 2. The number of hydrogen-bond acceptors (Lipinski definition) is 5. The molecule has 2 aromatic carbocycles. The van der Waals surface area contributed by atoms with Gasteiger partial charge in [-0.1, -0.05) is 44.2 Å². The minimum atomic E-state index is -0.644. The van der Waals surface area contributed by atoms with Crippen molar-refractivity contribution >= 4 is 28.3 Å². The van der Waals surface area contributed by atoms with Crippen LogP contribution in [0.25, 0.3) is 11.3 Å². The van der Waals surface area contributed by atoms with Crippen LogP contribution >= 0.6 is 11.3 Å². The Labute approximate surface area is 180 Å². The summed E-state index contributed by atoms with van der Waals surface area (Å²) in [4.78, 5) is 29.7. The van der Waals surface area contributed by atoms with Crippen molar-refractivity contribution < 1.29 is 14.3 Å². The molecule has 1 atom stereocenters. The summed E-state index contributed by atoms with van der Waals surface area (Å²) in [6.07, 6.45) is 0.232. The maximum atomic E-state index is 12.8. The van der Waals surface area contributed by atoms with E-state index in [9.17, 15) is 9.59 Å². The van der Waals surface area contributed by atoms with E-state index in [2.05, 4.69) is 15.6 Å². The van der Waals surface area contributed by atoms with Crippen LogP contribution in [0.3, 0.4) is 0 Å². The molecule has 0 bridgehead atoms. The molecule has 6 nitrogen and oxygen atoms in total. The first-order valence-electron chi connectivity index (χ1n) is 9.70. The van der Waals surface area contributed by atoms with Gasteiger partial charge < -0.3 is 15.4 Å². The normalized spacial score (nSPS) is 11.7. The van der Waals surface area contributed by atoms with Crippen LogP contribution in [0.5, 0.6) is 5.75 Å². The van der Waals surface area contributed by atoms with Crippen molar-refractivity contribution in [3.05, 3.63) is 65.5 Å². The number of methoxy groups -OCH3 is 1. The minimum absolute atomic E-state index is 0.0641. The molecular formula is C23H25N3O3S. The Balaban J connectivity index is 1.63. The van der Waals surface area contributed by atoms with Gasteiger partial charge in [0.05, 0.1) is 19.2 Å². The molecule has 0 fully saturated rings. The van der Waals surface area contributed by atoms with Crippen molar-refractivity contribution in [2.75, 3.05) is 12.4 Å². The quantitative estimate of drug-likeness (QED) is 0.571. The minimum Gasteiger partial charge on any atom is -0.497 e. The first-order valence-corrected chi connectivity index (χ1v) is 10.6. The van der Waals surface area contributed by atoms with Crippen molar-refractivity contribution in [3.63, 3.8) is 0 Å². The number of thiazole rings is 1. The van der Waals surface area contributed by atoms with Crippen molar-refractivity contribution in [1.82, 2.24) is 10.3 Å². The van der Waals surface area contributed by atoms with Gasteiger partial charge in [0.25, 0.3) is 0 Å². The lowest BCUT2D eigenvalue weighted by atomic mass is 10.0. The Morgan fingerprint density at radius 2 is 1.77 bits per heavy atom. The second-order valence-electron chi connectivity index (χ2n) is 7.21. The number of anilines is 1. The van der Waals surface area contributed by atoms with Crippen molar-refractivity contribution in [3.8, 4) is 17.0 Å². The van der Waals surface area contributed by atoms with Gasteiger partial charge >= 0.3 is 0 Å². The van der Waals surface area contributed by atoms with Gasteiger partial charge in [0, 0.05) is 10.9 Å². The highest BCUT2D eigenvalue weighted by atomic mass is 32.1. The fourth-order valence-electron chi connectivity index (χ4n) is 2.95. The number of amides is 2. The molecule has 3 aromatic rings. The summed E-state index contributed by atoms with van der Waals surface area (Å²) in [5.41, 5.74) is 2.61. The van der Waals surface area contributed by atoms with Crippen LogP contribution in [0.1, 0.15) is 19.4 Å². The van der Waals surface area contributed by atoms with E-state index in [-0.39, 0.29) is 24.2 Å². The molecular weight excluding hydrogens is 398 g/mol. The molecule has 1 aromatic heterocycles. The molecule has 0 aliphatic heterocycles. The van der Waals surface area contributed by atoms with Crippen LogP contribution in [0, 0.1) is 5.92 Å². The number of nitrogens with one attached hydrogen (secondary N) is 2. The molecule has 30 heavy (non-hydrogen) atoms. The topological polar surface area (TPSA) is 80.3 Å². The molecule has 0 saturated carbocycles.